The zero-order chi connectivity index (χ0) is 17.8. The van der Waals surface area contributed by atoms with Crippen LogP contribution in [0.25, 0.3) is 5.82 Å². The second-order valence-corrected chi connectivity index (χ2v) is 7.35. The Balaban J connectivity index is 1.76. The highest BCUT2D eigenvalue weighted by Gasteiger charge is 2.50. The highest BCUT2D eigenvalue weighted by atomic mass is 16.5. The van der Waals surface area contributed by atoms with Crippen LogP contribution in [0.4, 0.5) is 0 Å². The molecule has 8 heteroatoms. The van der Waals surface area contributed by atoms with E-state index in [4.69, 9.17) is 4.74 Å². The fraction of sp³-hybridized carbons (Fsp3) is 0.529. The largest absolute Gasteiger partial charge is 0.480 e. The molecular formula is C17H21N5O3. The van der Waals surface area contributed by atoms with Gasteiger partial charge in [0, 0.05) is 11.5 Å². The number of nitrogens with one attached hydrogen (secondary N) is 1. The maximum atomic E-state index is 12.7. The van der Waals surface area contributed by atoms with Gasteiger partial charge < -0.3 is 15.2 Å². The topological polar surface area (TPSA) is 102 Å². The molecule has 0 aliphatic heterocycles. The lowest BCUT2D eigenvalue weighted by molar-refractivity contribution is 0.0863. The summed E-state index contributed by atoms with van der Waals surface area (Å²) in [5.41, 5.74) is 1.75. The molecule has 0 aromatic carbocycles. The van der Waals surface area contributed by atoms with E-state index in [-0.39, 0.29) is 12.5 Å². The number of carbonyl (C=O) groups is 1. The molecule has 25 heavy (non-hydrogen) atoms. The molecule has 2 atom stereocenters. The minimum atomic E-state index is -0.703. The summed E-state index contributed by atoms with van der Waals surface area (Å²) in [6, 6.07) is 0. The van der Waals surface area contributed by atoms with Gasteiger partial charge >= 0.3 is 0 Å². The molecule has 2 aromatic heterocycles. The molecule has 2 aromatic rings. The van der Waals surface area contributed by atoms with Crippen LogP contribution in [-0.4, -0.2) is 50.0 Å². The predicted octanol–water partition coefficient (Wildman–Crippen LogP) is 0.831. The molecule has 0 spiro atoms. The summed E-state index contributed by atoms with van der Waals surface area (Å²) in [5, 5.41) is 16.8. The Morgan fingerprint density at radius 2 is 2.28 bits per heavy atom. The van der Waals surface area contributed by atoms with Crippen molar-refractivity contribution >= 4 is 5.91 Å². The molecule has 2 heterocycles. The van der Waals surface area contributed by atoms with Gasteiger partial charge in [0.2, 0.25) is 5.88 Å². The number of aliphatic hydroxyl groups excluding tert-OH is 1. The van der Waals surface area contributed by atoms with Crippen molar-refractivity contribution < 1.29 is 14.6 Å². The Kier molecular flexibility index (Phi) is 3.54. The summed E-state index contributed by atoms with van der Waals surface area (Å²) in [4.78, 5) is 21.2. The summed E-state index contributed by atoms with van der Waals surface area (Å²) in [6.45, 7) is 3.40. The Morgan fingerprint density at radius 1 is 1.48 bits per heavy atom. The molecule has 1 saturated carbocycles. The SMILES string of the molecule is COc1cncc(-n2nc(C(=O)NC(C)(C)CO)c3c2[C@@H]2C[C@@H]2C3)n1. The molecule has 2 aliphatic rings. The second kappa shape index (κ2) is 5.52. The minimum Gasteiger partial charge on any atom is -0.480 e. The molecule has 2 N–H and O–H groups in total. The van der Waals surface area contributed by atoms with Gasteiger partial charge in [-0.15, -0.1) is 0 Å². The van der Waals surface area contributed by atoms with Crippen LogP contribution < -0.4 is 10.1 Å². The van der Waals surface area contributed by atoms with E-state index in [1.807, 2.05) is 0 Å². The third-order valence-electron chi connectivity index (χ3n) is 4.85. The van der Waals surface area contributed by atoms with Gasteiger partial charge in [-0.3, -0.25) is 9.78 Å². The summed E-state index contributed by atoms with van der Waals surface area (Å²) < 4.78 is 6.87. The number of hydrogen-bond donors (Lipinski definition) is 2. The van der Waals surface area contributed by atoms with Gasteiger partial charge in [0.05, 0.1) is 37.3 Å². The van der Waals surface area contributed by atoms with Crippen LogP contribution in [0.5, 0.6) is 5.88 Å². The third kappa shape index (κ3) is 2.66. The van der Waals surface area contributed by atoms with Gasteiger partial charge in [0.15, 0.2) is 11.5 Å². The molecule has 0 radical (unpaired) electrons. The smallest absolute Gasteiger partial charge is 0.272 e. The van der Waals surface area contributed by atoms with Crippen LogP contribution >= 0.6 is 0 Å². The normalized spacial score (nSPS) is 20.8. The van der Waals surface area contributed by atoms with Gasteiger partial charge in [-0.05, 0) is 32.6 Å². The van der Waals surface area contributed by atoms with Gasteiger partial charge in [-0.25, -0.2) is 4.68 Å². The first kappa shape index (κ1) is 16.0. The molecule has 1 fully saturated rings. The van der Waals surface area contributed by atoms with Crippen LogP contribution in [0.15, 0.2) is 12.4 Å². The first-order valence-electron chi connectivity index (χ1n) is 8.35. The maximum absolute atomic E-state index is 12.7. The molecule has 0 bridgehead atoms. The molecule has 4 rings (SSSR count). The molecule has 8 nitrogen and oxygen atoms in total. The van der Waals surface area contributed by atoms with Crippen LogP contribution in [0, 0.1) is 5.92 Å². The molecule has 0 saturated heterocycles. The van der Waals surface area contributed by atoms with Gasteiger partial charge in [-0.2, -0.15) is 10.1 Å². The van der Waals surface area contributed by atoms with Crippen molar-refractivity contribution in [2.45, 2.75) is 38.1 Å². The highest BCUT2D eigenvalue weighted by molar-refractivity contribution is 5.95. The zero-order valence-corrected chi connectivity index (χ0v) is 14.5. The first-order valence-corrected chi connectivity index (χ1v) is 8.35. The average molecular weight is 343 g/mol. The average Bonchev–Trinajstić information content (AvgIpc) is 3.10. The molecule has 2 aliphatic carbocycles. The second-order valence-electron chi connectivity index (χ2n) is 7.35. The number of amides is 1. The number of hydrogen-bond acceptors (Lipinski definition) is 6. The Hall–Kier alpha value is -2.48. The predicted molar refractivity (Wildman–Crippen MR) is 88.9 cm³/mol. The van der Waals surface area contributed by atoms with Crippen LogP contribution in [-0.2, 0) is 6.42 Å². The Morgan fingerprint density at radius 3 is 3.00 bits per heavy atom. The van der Waals surface area contributed by atoms with Gasteiger partial charge in [0.25, 0.3) is 5.91 Å². The van der Waals surface area contributed by atoms with E-state index in [2.05, 4.69) is 20.4 Å². The fourth-order valence-corrected chi connectivity index (χ4v) is 3.42. The lowest BCUT2D eigenvalue weighted by Gasteiger charge is -2.23. The Labute approximate surface area is 145 Å². The van der Waals surface area contributed by atoms with Gasteiger partial charge in [-0.1, -0.05) is 0 Å². The van der Waals surface area contributed by atoms with Crippen LogP contribution in [0.2, 0.25) is 0 Å². The summed E-state index contributed by atoms with van der Waals surface area (Å²) in [7, 11) is 1.54. The van der Waals surface area contributed by atoms with Crippen molar-refractivity contribution in [1.82, 2.24) is 25.1 Å². The van der Waals surface area contributed by atoms with Crippen molar-refractivity contribution in [2.24, 2.45) is 5.92 Å². The minimum absolute atomic E-state index is 0.145. The van der Waals surface area contributed by atoms with Crippen molar-refractivity contribution in [3.63, 3.8) is 0 Å². The van der Waals surface area contributed by atoms with E-state index in [0.717, 1.165) is 24.1 Å². The number of carbonyl (C=O) groups excluding carboxylic acids is 1. The fourth-order valence-electron chi connectivity index (χ4n) is 3.42. The summed E-state index contributed by atoms with van der Waals surface area (Å²) in [6.07, 6.45) is 5.13. The van der Waals surface area contributed by atoms with E-state index in [1.165, 1.54) is 13.3 Å². The molecular weight excluding hydrogens is 322 g/mol. The van der Waals surface area contributed by atoms with E-state index in [1.54, 1.807) is 24.7 Å². The monoisotopic (exact) mass is 343 g/mol. The molecule has 0 unspecified atom stereocenters. The quantitative estimate of drug-likeness (QED) is 0.834. The van der Waals surface area contributed by atoms with Crippen molar-refractivity contribution in [3.05, 3.63) is 29.3 Å². The summed E-state index contributed by atoms with van der Waals surface area (Å²) >= 11 is 0. The summed E-state index contributed by atoms with van der Waals surface area (Å²) in [5.74, 6) is 1.70. The van der Waals surface area contributed by atoms with Crippen molar-refractivity contribution in [3.8, 4) is 11.7 Å². The lowest BCUT2D eigenvalue weighted by atomic mass is 10.1. The molecule has 132 valence electrons. The van der Waals surface area contributed by atoms with E-state index in [9.17, 15) is 9.90 Å². The number of fused-ring (bicyclic) bond motifs is 3. The lowest BCUT2D eigenvalue weighted by Crippen LogP contribution is -2.46. The van der Waals surface area contributed by atoms with E-state index >= 15 is 0 Å². The van der Waals surface area contributed by atoms with Gasteiger partial charge in [0.1, 0.15) is 0 Å². The van der Waals surface area contributed by atoms with Crippen molar-refractivity contribution in [2.75, 3.05) is 13.7 Å². The maximum Gasteiger partial charge on any atom is 0.272 e. The van der Waals surface area contributed by atoms with E-state index < -0.39 is 5.54 Å². The van der Waals surface area contributed by atoms with Crippen LogP contribution in [0.1, 0.15) is 47.9 Å². The number of methoxy groups -OCH3 is 1. The molecule has 1 amide bonds. The third-order valence-corrected chi connectivity index (χ3v) is 4.85. The zero-order valence-electron chi connectivity index (χ0n) is 14.5. The number of aromatic nitrogens is 4. The number of rotatable bonds is 5. The standard InChI is InChI=1S/C17H21N5O3/c1-17(2,8-23)20-16(24)14-11-5-9-4-10(9)15(11)22(21-14)12-6-18-7-13(19-12)25-3/h6-7,9-10,23H,4-5,8H2,1-3H3,(H,20,24)/t9-,10-/m1/s1. The van der Waals surface area contributed by atoms with E-state index in [0.29, 0.717) is 29.2 Å². The Bertz CT molecular complexity index is 845. The first-order chi connectivity index (χ1) is 11.9. The highest BCUT2D eigenvalue weighted by Crippen LogP contribution is 2.57. The number of aliphatic hydroxyl groups is 1. The number of nitrogens with zero attached hydrogens (tertiary/aromatic N) is 4. The van der Waals surface area contributed by atoms with Crippen molar-refractivity contribution in [1.29, 1.82) is 0 Å². The number of ether oxygens (including phenoxy) is 1. The van der Waals surface area contributed by atoms with Crippen LogP contribution in [0.3, 0.4) is 0 Å².